The maximum absolute atomic E-state index is 11.9. The van der Waals surface area contributed by atoms with Gasteiger partial charge in [-0.3, -0.25) is 9.59 Å². The van der Waals surface area contributed by atoms with Gasteiger partial charge in [0.15, 0.2) is 0 Å². The number of Topliss-reactive ketones (excluding diaryl/α,β-unsaturated/α-hetero) is 1. The Labute approximate surface area is 106 Å². The standard InChI is InChI=1S/C14H16N2O2/c1-9-2-5-12-11(8-9)13(17)14(18)16(12)7-6-15-10-3-4-10/h2,5,8,10,15H,3-4,6-7H2,1H3. The van der Waals surface area contributed by atoms with Crippen molar-refractivity contribution in [2.45, 2.75) is 25.8 Å². The summed E-state index contributed by atoms with van der Waals surface area (Å²) in [7, 11) is 0. The predicted molar refractivity (Wildman–Crippen MR) is 68.9 cm³/mol. The van der Waals surface area contributed by atoms with E-state index in [0.717, 1.165) is 17.8 Å². The van der Waals surface area contributed by atoms with E-state index in [9.17, 15) is 9.59 Å². The Hall–Kier alpha value is -1.68. The molecule has 0 bridgehead atoms. The van der Waals surface area contributed by atoms with Crippen LogP contribution in [-0.2, 0) is 4.79 Å². The highest BCUT2D eigenvalue weighted by Crippen LogP contribution is 2.29. The van der Waals surface area contributed by atoms with E-state index in [1.54, 1.807) is 11.0 Å². The van der Waals surface area contributed by atoms with Crippen molar-refractivity contribution in [1.82, 2.24) is 5.32 Å². The second-order valence-electron chi connectivity index (χ2n) is 5.03. The molecule has 4 nitrogen and oxygen atoms in total. The molecule has 1 aliphatic heterocycles. The van der Waals surface area contributed by atoms with Gasteiger partial charge in [0.25, 0.3) is 11.7 Å². The van der Waals surface area contributed by atoms with E-state index in [1.807, 2.05) is 19.1 Å². The Kier molecular flexibility index (Phi) is 2.67. The average Bonchev–Trinajstić information content (AvgIpc) is 3.14. The van der Waals surface area contributed by atoms with Gasteiger partial charge in [-0.05, 0) is 31.9 Å². The van der Waals surface area contributed by atoms with Gasteiger partial charge in [-0.25, -0.2) is 0 Å². The van der Waals surface area contributed by atoms with Crippen molar-refractivity contribution in [1.29, 1.82) is 0 Å². The van der Waals surface area contributed by atoms with Crippen LogP contribution in [0.3, 0.4) is 0 Å². The van der Waals surface area contributed by atoms with E-state index >= 15 is 0 Å². The van der Waals surface area contributed by atoms with Crippen LogP contribution in [0.5, 0.6) is 0 Å². The summed E-state index contributed by atoms with van der Waals surface area (Å²) < 4.78 is 0. The topological polar surface area (TPSA) is 49.4 Å². The van der Waals surface area contributed by atoms with Crippen molar-refractivity contribution < 1.29 is 9.59 Å². The minimum atomic E-state index is -0.395. The maximum atomic E-state index is 11.9. The second kappa shape index (κ2) is 4.21. The highest BCUT2D eigenvalue weighted by atomic mass is 16.2. The molecular weight excluding hydrogens is 228 g/mol. The van der Waals surface area contributed by atoms with E-state index in [4.69, 9.17) is 0 Å². The first-order valence-electron chi connectivity index (χ1n) is 6.37. The number of anilines is 1. The van der Waals surface area contributed by atoms with Gasteiger partial charge < -0.3 is 10.2 Å². The second-order valence-corrected chi connectivity index (χ2v) is 5.03. The predicted octanol–water partition coefficient (Wildman–Crippen LogP) is 1.28. The first-order chi connectivity index (χ1) is 8.66. The molecule has 4 heteroatoms. The summed E-state index contributed by atoms with van der Waals surface area (Å²) in [5, 5.41) is 3.36. The summed E-state index contributed by atoms with van der Waals surface area (Å²) in [4.78, 5) is 25.4. The zero-order valence-electron chi connectivity index (χ0n) is 10.4. The lowest BCUT2D eigenvalue weighted by atomic mass is 10.1. The number of nitrogens with zero attached hydrogens (tertiary/aromatic N) is 1. The van der Waals surface area contributed by atoms with Crippen molar-refractivity contribution in [3.8, 4) is 0 Å². The van der Waals surface area contributed by atoms with E-state index in [1.165, 1.54) is 12.8 Å². The van der Waals surface area contributed by atoms with Crippen molar-refractivity contribution in [3.63, 3.8) is 0 Å². The van der Waals surface area contributed by atoms with E-state index < -0.39 is 5.91 Å². The molecule has 1 amide bonds. The molecule has 1 fully saturated rings. The Balaban J connectivity index is 1.78. The van der Waals surface area contributed by atoms with Gasteiger partial charge in [0, 0.05) is 19.1 Å². The van der Waals surface area contributed by atoms with Crippen LogP contribution in [0, 0.1) is 6.92 Å². The number of aryl methyl sites for hydroxylation is 1. The summed E-state index contributed by atoms with van der Waals surface area (Å²) in [6, 6.07) is 6.22. The van der Waals surface area contributed by atoms with Crippen LogP contribution in [0.1, 0.15) is 28.8 Å². The van der Waals surface area contributed by atoms with Crippen LogP contribution in [0.2, 0.25) is 0 Å². The largest absolute Gasteiger partial charge is 0.312 e. The van der Waals surface area contributed by atoms with Crippen molar-refractivity contribution in [3.05, 3.63) is 29.3 Å². The quantitative estimate of drug-likeness (QED) is 0.812. The third kappa shape index (κ3) is 1.93. The monoisotopic (exact) mass is 244 g/mol. The number of fused-ring (bicyclic) bond motifs is 1. The molecule has 1 heterocycles. The van der Waals surface area contributed by atoms with Crippen LogP contribution in [-0.4, -0.2) is 30.8 Å². The van der Waals surface area contributed by atoms with Gasteiger partial charge >= 0.3 is 0 Å². The molecule has 0 saturated heterocycles. The first-order valence-corrected chi connectivity index (χ1v) is 6.37. The lowest BCUT2D eigenvalue weighted by Gasteiger charge is -2.16. The number of hydrogen-bond acceptors (Lipinski definition) is 3. The minimum absolute atomic E-state index is 0.375. The van der Waals surface area contributed by atoms with Crippen LogP contribution in [0.15, 0.2) is 18.2 Å². The van der Waals surface area contributed by atoms with Crippen LogP contribution in [0.25, 0.3) is 0 Å². The van der Waals surface area contributed by atoms with Crippen LogP contribution < -0.4 is 10.2 Å². The molecule has 0 aromatic heterocycles. The Morgan fingerprint density at radius 2 is 2.11 bits per heavy atom. The van der Waals surface area contributed by atoms with Crippen molar-refractivity contribution >= 4 is 17.4 Å². The fourth-order valence-electron chi connectivity index (χ4n) is 2.30. The van der Waals surface area contributed by atoms with E-state index in [2.05, 4.69) is 5.32 Å². The Morgan fingerprint density at radius 3 is 2.83 bits per heavy atom. The summed E-state index contributed by atoms with van der Waals surface area (Å²) >= 11 is 0. The van der Waals surface area contributed by atoms with E-state index in [-0.39, 0.29) is 5.78 Å². The number of carbonyl (C=O) groups is 2. The van der Waals surface area contributed by atoms with Crippen LogP contribution in [0.4, 0.5) is 5.69 Å². The number of nitrogens with one attached hydrogen (secondary N) is 1. The number of carbonyl (C=O) groups excluding carboxylic acids is 2. The summed E-state index contributed by atoms with van der Waals surface area (Å²) in [6.07, 6.45) is 2.45. The molecule has 0 atom stereocenters. The fourth-order valence-corrected chi connectivity index (χ4v) is 2.30. The Bertz CT molecular complexity index is 521. The Morgan fingerprint density at radius 1 is 1.33 bits per heavy atom. The van der Waals surface area contributed by atoms with Gasteiger partial charge in [-0.15, -0.1) is 0 Å². The molecule has 3 rings (SSSR count). The summed E-state index contributed by atoms with van der Waals surface area (Å²) in [5.74, 6) is -0.770. The number of rotatable bonds is 4. The maximum Gasteiger partial charge on any atom is 0.299 e. The number of benzene rings is 1. The molecule has 1 saturated carbocycles. The van der Waals surface area contributed by atoms with Gasteiger partial charge in [-0.1, -0.05) is 11.6 Å². The van der Waals surface area contributed by atoms with Gasteiger partial charge in [0.05, 0.1) is 11.3 Å². The number of hydrogen-bond donors (Lipinski definition) is 1. The normalized spacial score (nSPS) is 18.4. The molecule has 2 aliphatic rings. The summed E-state index contributed by atoms with van der Waals surface area (Å²) in [6.45, 7) is 3.24. The van der Waals surface area contributed by atoms with E-state index in [0.29, 0.717) is 18.2 Å². The average molecular weight is 244 g/mol. The molecule has 1 aliphatic carbocycles. The molecule has 1 aromatic rings. The molecule has 94 valence electrons. The zero-order chi connectivity index (χ0) is 12.7. The van der Waals surface area contributed by atoms with Crippen molar-refractivity contribution in [2.24, 2.45) is 0 Å². The van der Waals surface area contributed by atoms with Gasteiger partial charge in [-0.2, -0.15) is 0 Å². The number of amides is 1. The van der Waals surface area contributed by atoms with Gasteiger partial charge in [0.2, 0.25) is 0 Å². The molecule has 0 spiro atoms. The summed E-state index contributed by atoms with van der Waals surface area (Å²) in [5.41, 5.74) is 2.31. The molecule has 0 unspecified atom stereocenters. The molecular formula is C14H16N2O2. The zero-order valence-corrected chi connectivity index (χ0v) is 10.4. The molecule has 1 aromatic carbocycles. The van der Waals surface area contributed by atoms with Gasteiger partial charge in [0.1, 0.15) is 0 Å². The van der Waals surface area contributed by atoms with Crippen LogP contribution >= 0.6 is 0 Å². The molecule has 1 N–H and O–H groups in total. The first kappa shape index (κ1) is 11.4. The van der Waals surface area contributed by atoms with Crippen molar-refractivity contribution in [2.75, 3.05) is 18.0 Å². The lowest BCUT2D eigenvalue weighted by Crippen LogP contribution is -2.36. The third-order valence-corrected chi connectivity index (χ3v) is 3.47. The minimum Gasteiger partial charge on any atom is -0.312 e. The fraction of sp³-hybridized carbons (Fsp3) is 0.429. The smallest absolute Gasteiger partial charge is 0.299 e. The third-order valence-electron chi connectivity index (χ3n) is 3.47. The molecule has 0 radical (unpaired) electrons. The molecule has 18 heavy (non-hydrogen) atoms. The SMILES string of the molecule is Cc1ccc2c(c1)C(=O)C(=O)N2CCNC1CC1. The highest BCUT2D eigenvalue weighted by molar-refractivity contribution is 6.52. The lowest BCUT2D eigenvalue weighted by molar-refractivity contribution is -0.114. The highest BCUT2D eigenvalue weighted by Gasteiger charge is 2.35. The number of ketones is 1.